The Morgan fingerprint density at radius 3 is 2.84 bits per heavy atom. The number of piperazine rings is 1. The number of nitriles is 1. The zero-order valence-corrected chi connectivity index (χ0v) is 12.2. The van der Waals surface area contributed by atoms with Gasteiger partial charge in [0.25, 0.3) is 0 Å². The second-order valence-electron chi connectivity index (χ2n) is 5.38. The van der Waals surface area contributed by atoms with Gasteiger partial charge in [0.1, 0.15) is 0 Å². The highest BCUT2D eigenvalue weighted by Gasteiger charge is 2.25. The molecule has 0 N–H and O–H groups in total. The van der Waals surface area contributed by atoms with E-state index in [1.54, 1.807) is 0 Å². The first kappa shape index (κ1) is 13.9. The lowest BCUT2D eigenvalue weighted by Gasteiger charge is -2.41. The Morgan fingerprint density at radius 2 is 2.16 bits per heavy atom. The molecule has 1 aliphatic heterocycles. The summed E-state index contributed by atoms with van der Waals surface area (Å²) in [4.78, 5) is 4.78. The van der Waals surface area contributed by atoms with Gasteiger partial charge in [0, 0.05) is 31.4 Å². The maximum Gasteiger partial charge on any atom is 0.0638 e. The highest BCUT2D eigenvalue weighted by Crippen LogP contribution is 2.28. The van der Waals surface area contributed by atoms with Crippen molar-refractivity contribution in [2.45, 2.75) is 32.7 Å². The predicted octanol–water partition coefficient (Wildman–Crippen LogP) is 2.59. The number of hydrogen-bond donors (Lipinski definition) is 0. The molecule has 1 unspecified atom stereocenters. The zero-order valence-electron chi connectivity index (χ0n) is 12.2. The van der Waals surface area contributed by atoms with Crippen molar-refractivity contribution in [2.24, 2.45) is 0 Å². The maximum atomic E-state index is 8.95. The standard InChI is InChI=1S/C16H23N3/c1-4-14-7-5-6-13(2)16(14)19-11-10-18(3)15(12-19)8-9-17/h5-7,15H,4,8,10-12H2,1-3H3. The van der Waals surface area contributed by atoms with Crippen LogP contribution in [0.1, 0.15) is 24.5 Å². The molecule has 3 heteroatoms. The Morgan fingerprint density at radius 1 is 1.37 bits per heavy atom. The van der Waals surface area contributed by atoms with Crippen molar-refractivity contribution in [1.29, 1.82) is 5.26 Å². The van der Waals surface area contributed by atoms with E-state index in [2.05, 4.69) is 55.0 Å². The molecule has 2 rings (SSSR count). The predicted molar refractivity (Wildman–Crippen MR) is 79.4 cm³/mol. The van der Waals surface area contributed by atoms with Gasteiger partial charge in [-0.2, -0.15) is 5.26 Å². The number of hydrogen-bond acceptors (Lipinski definition) is 3. The SMILES string of the molecule is CCc1cccc(C)c1N1CCN(C)C(CC#N)C1. The number of para-hydroxylation sites is 1. The molecule has 0 spiro atoms. The van der Waals surface area contributed by atoms with E-state index >= 15 is 0 Å². The van der Waals surface area contributed by atoms with Crippen molar-refractivity contribution in [2.75, 3.05) is 31.6 Å². The maximum absolute atomic E-state index is 8.95. The lowest BCUT2D eigenvalue weighted by atomic mass is 10.0. The average Bonchev–Trinajstić information content (AvgIpc) is 2.41. The molecule has 0 radical (unpaired) electrons. The lowest BCUT2D eigenvalue weighted by Crippen LogP contribution is -2.51. The number of nitrogens with zero attached hydrogens (tertiary/aromatic N) is 3. The Bertz CT molecular complexity index is 475. The first-order chi connectivity index (χ1) is 9.17. The Hall–Kier alpha value is -1.53. The van der Waals surface area contributed by atoms with Crippen LogP contribution in [0.3, 0.4) is 0 Å². The zero-order chi connectivity index (χ0) is 13.8. The second-order valence-corrected chi connectivity index (χ2v) is 5.38. The van der Waals surface area contributed by atoms with Crippen LogP contribution in [0.2, 0.25) is 0 Å². The molecule has 1 aliphatic rings. The van der Waals surface area contributed by atoms with Gasteiger partial charge < -0.3 is 4.90 Å². The minimum absolute atomic E-state index is 0.350. The van der Waals surface area contributed by atoms with E-state index in [0.29, 0.717) is 12.5 Å². The summed E-state index contributed by atoms with van der Waals surface area (Å²) in [5.74, 6) is 0. The quantitative estimate of drug-likeness (QED) is 0.834. The summed E-state index contributed by atoms with van der Waals surface area (Å²) in [6.07, 6.45) is 1.67. The molecule has 1 aromatic rings. The second kappa shape index (κ2) is 6.08. The molecule has 0 aromatic heterocycles. The lowest BCUT2D eigenvalue weighted by molar-refractivity contribution is 0.221. The largest absolute Gasteiger partial charge is 0.368 e. The van der Waals surface area contributed by atoms with Crippen molar-refractivity contribution in [3.63, 3.8) is 0 Å². The number of aryl methyl sites for hydroxylation is 2. The van der Waals surface area contributed by atoms with Crippen LogP contribution in [0.25, 0.3) is 0 Å². The molecule has 19 heavy (non-hydrogen) atoms. The normalized spacial score (nSPS) is 20.3. The van der Waals surface area contributed by atoms with Crippen LogP contribution in [0, 0.1) is 18.3 Å². The van der Waals surface area contributed by atoms with E-state index in [1.807, 2.05) is 0 Å². The van der Waals surface area contributed by atoms with E-state index in [9.17, 15) is 0 Å². The molecule has 1 atom stereocenters. The van der Waals surface area contributed by atoms with Crippen molar-refractivity contribution in [1.82, 2.24) is 4.90 Å². The van der Waals surface area contributed by atoms with Crippen LogP contribution in [0.5, 0.6) is 0 Å². The van der Waals surface area contributed by atoms with Crippen LogP contribution in [-0.2, 0) is 6.42 Å². The highest BCUT2D eigenvalue weighted by atomic mass is 15.3. The van der Waals surface area contributed by atoms with Crippen LogP contribution in [0.15, 0.2) is 18.2 Å². The van der Waals surface area contributed by atoms with E-state index in [4.69, 9.17) is 5.26 Å². The van der Waals surface area contributed by atoms with Gasteiger partial charge in [-0.3, -0.25) is 4.90 Å². The van der Waals surface area contributed by atoms with Gasteiger partial charge in [0.05, 0.1) is 12.5 Å². The molecule has 3 nitrogen and oxygen atoms in total. The third kappa shape index (κ3) is 2.90. The molecule has 102 valence electrons. The topological polar surface area (TPSA) is 30.3 Å². The third-order valence-corrected chi connectivity index (χ3v) is 4.12. The number of rotatable bonds is 3. The molecule has 1 heterocycles. The Balaban J connectivity index is 2.25. The molecule has 0 aliphatic carbocycles. The fourth-order valence-corrected chi connectivity index (χ4v) is 2.93. The fourth-order valence-electron chi connectivity index (χ4n) is 2.93. The van der Waals surface area contributed by atoms with E-state index in [-0.39, 0.29) is 0 Å². The molecule has 1 aromatic carbocycles. The minimum Gasteiger partial charge on any atom is -0.368 e. The van der Waals surface area contributed by atoms with E-state index in [0.717, 1.165) is 26.1 Å². The molecule has 1 saturated heterocycles. The average molecular weight is 257 g/mol. The molecule has 1 fully saturated rings. The molecular formula is C16H23N3. The van der Waals surface area contributed by atoms with E-state index in [1.165, 1.54) is 16.8 Å². The smallest absolute Gasteiger partial charge is 0.0638 e. The Labute approximate surface area is 116 Å². The summed E-state index contributed by atoms with van der Waals surface area (Å²) >= 11 is 0. The van der Waals surface area contributed by atoms with Gasteiger partial charge in [0.2, 0.25) is 0 Å². The van der Waals surface area contributed by atoms with Gasteiger partial charge >= 0.3 is 0 Å². The molecule has 0 bridgehead atoms. The summed E-state index contributed by atoms with van der Waals surface area (Å²) < 4.78 is 0. The van der Waals surface area contributed by atoms with Crippen LogP contribution >= 0.6 is 0 Å². The number of likely N-dealkylation sites (N-methyl/N-ethyl adjacent to an activating group) is 1. The van der Waals surface area contributed by atoms with Crippen LogP contribution < -0.4 is 4.90 Å². The van der Waals surface area contributed by atoms with Crippen molar-refractivity contribution >= 4 is 5.69 Å². The summed E-state index contributed by atoms with van der Waals surface area (Å²) in [7, 11) is 2.12. The van der Waals surface area contributed by atoms with Crippen molar-refractivity contribution in [3.05, 3.63) is 29.3 Å². The summed E-state index contributed by atoms with van der Waals surface area (Å²) in [5.41, 5.74) is 4.15. The van der Waals surface area contributed by atoms with Gasteiger partial charge in [-0.05, 0) is 31.5 Å². The van der Waals surface area contributed by atoms with Crippen molar-refractivity contribution < 1.29 is 0 Å². The summed E-state index contributed by atoms with van der Waals surface area (Å²) in [6.45, 7) is 7.44. The fraction of sp³-hybridized carbons (Fsp3) is 0.562. The van der Waals surface area contributed by atoms with Gasteiger partial charge in [-0.25, -0.2) is 0 Å². The molecule has 0 amide bonds. The van der Waals surface area contributed by atoms with Gasteiger partial charge in [-0.1, -0.05) is 25.1 Å². The third-order valence-electron chi connectivity index (χ3n) is 4.12. The monoisotopic (exact) mass is 257 g/mol. The summed E-state index contributed by atoms with van der Waals surface area (Å²) in [6, 6.07) is 9.21. The minimum atomic E-state index is 0.350. The van der Waals surface area contributed by atoms with Gasteiger partial charge in [0.15, 0.2) is 0 Å². The number of benzene rings is 1. The molecular weight excluding hydrogens is 234 g/mol. The first-order valence-electron chi connectivity index (χ1n) is 7.08. The number of anilines is 1. The Kier molecular flexibility index (Phi) is 4.44. The summed E-state index contributed by atoms with van der Waals surface area (Å²) in [5, 5.41) is 8.95. The van der Waals surface area contributed by atoms with Gasteiger partial charge in [-0.15, -0.1) is 0 Å². The van der Waals surface area contributed by atoms with E-state index < -0.39 is 0 Å². The molecule has 0 saturated carbocycles. The first-order valence-corrected chi connectivity index (χ1v) is 7.08. The highest BCUT2D eigenvalue weighted by molar-refractivity contribution is 5.60. The van der Waals surface area contributed by atoms with Crippen LogP contribution in [-0.4, -0.2) is 37.6 Å². The van der Waals surface area contributed by atoms with Crippen LogP contribution in [0.4, 0.5) is 5.69 Å². The van der Waals surface area contributed by atoms with Crippen molar-refractivity contribution in [3.8, 4) is 6.07 Å².